The van der Waals surface area contributed by atoms with Crippen molar-refractivity contribution in [3.63, 3.8) is 0 Å². The molecule has 0 bridgehead atoms. The van der Waals surface area contributed by atoms with E-state index in [-0.39, 0.29) is 0 Å². The average Bonchev–Trinajstić information content (AvgIpc) is 2.17. The lowest BCUT2D eigenvalue weighted by Gasteiger charge is -2.32. The average molecular weight is 205 g/mol. The molecule has 1 aromatic rings. The number of rotatable bonds is 2. The predicted molar refractivity (Wildman–Crippen MR) is 61.7 cm³/mol. The summed E-state index contributed by atoms with van der Waals surface area (Å²) in [7, 11) is 0. The topological polar surface area (TPSA) is 35.2 Å². The molecule has 0 amide bonds. The molecule has 1 unspecified atom stereocenters. The van der Waals surface area contributed by atoms with Gasteiger partial charge in [0.15, 0.2) is 0 Å². The molecule has 0 aliphatic carbocycles. The van der Waals surface area contributed by atoms with Crippen molar-refractivity contribution < 1.29 is 4.74 Å². The minimum absolute atomic E-state index is 0.297. The van der Waals surface area contributed by atoms with E-state index in [1.807, 2.05) is 6.07 Å². The monoisotopic (exact) mass is 205 g/mol. The van der Waals surface area contributed by atoms with E-state index in [9.17, 15) is 0 Å². The van der Waals surface area contributed by atoms with Crippen molar-refractivity contribution in [1.82, 2.24) is 0 Å². The molecule has 2 rings (SSSR count). The maximum Gasteiger partial charge on any atom is 0.0633 e. The van der Waals surface area contributed by atoms with Crippen LogP contribution in [0.1, 0.15) is 25.3 Å². The van der Waals surface area contributed by atoms with Gasteiger partial charge < -0.3 is 10.5 Å². The summed E-state index contributed by atoms with van der Waals surface area (Å²) in [5, 5.41) is 0. The van der Waals surface area contributed by atoms with Gasteiger partial charge in [-0.15, -0.1) is 0 Å². The molecule has 1 heterocycles. The van der Waals surface area contributed by atoms with E-state index in [0.29, 0.717) is 18.2 Å². The minimum Gasteiger partial charge on any atom is -0.375 e. The Kier molecular flexibility index (Phi) is 3.39. The summed E-state index contributed by atoms with van der Waals surface area (Å²) in [5.41, 5.74) is 7.33. The number of nitrogens with two attached hydrogens (primary N) is 1. The Morgan fingerprint density at radius 2 is 2.00 bits per heavy atom. The molecule has 0 saturated carbocycles. The van der Waals surface area contributed by atoms with Crippen LogP contribution in [0.25, 0.3) is 0 Å². The lowest BCUT2D eigenvalue weighted by atomic mass is 9.96. The molecule has 3 atom stereocenters. The van der Waals surface area contributed by atoms with Crippen molar-refractivity contribution in [1.29, 1.82) is 0 Å². The third-order valence-electron chi connectivity index (χ3n) is 2.93. The molecule has 0 aromatic heterocycles. The summed E-state index contributed by atoms with van der Waals surface area (Å²) < 4.78 is 5.88. The molecule has 2 heteroatoms. The molecule has 1 aliphatic heterocycles. The van der Waals surface area contributed by atoms with Gasteiger partial charge in [-0.25, -0.2) is 0 Å². The standard InChI is InChI=1S/C13H19NO/c1-10-7-12(14)9-13(15-10)8-11-5-3-2-4-6-11/h2-6,10,12-13H,7-9,14H2,1H3/t10-,12?,13+/m1/s1. The van der Waals surface area contributed by atoms with Gasteiger partial charge >= 0.3 is 0 Å². The van der Waals surface area contributed by atoms with Crippen LogP contribution >= 0.6 is 0 Å². The van der Waals surface area contributed by atoms with Crippen LogP contribution in [-0.2, 0) is 11.2 Å². The van der Waals surface area contributed by atoms with Crippen LogP contribution in [0, 0.1) is 0 Å². The zero-order valence-corrected chi connectivity index (χ0v) is 9.23. The van der Waals surface area contributed by atoms with Crippen LogP contribution in [-0.4, -0.2) is 18.2 Å². The van der Waals surface area contributed by atoms with Gasteiger partial charge in [-0.1, -0.05) is 30.3 Å². The van der Waals surface area contributed by atoms with Crippen molar-refractivity contribution >= 4 is 0 Å². The molecular weight excluding hydrogens is 186 g/mol. The first kappa shape index (κ1) is 10.7. The maximum atomic E-state index is 5.99. The third-order valence-corrected chi connectivity index (χ3v) is 2.93. The third kappa shape index (κ3) is 3.05. The Hall–Kier alpha value is -0.860. The van der Waals surface area contributed by atoms with Crippen molar-refractivity contribution in [2.24, 2.45) is 5.73 Å². The second-order valence-corrected chi connectivity index (χ2v) is 4.49. The first-order valence-corrected chi connectivity index (χ1v) is 5.69. The van der Waals surface area contributed by atoms with Crippen molar-refractivity contribution in [3.8, 4) is 0 Å². The largest absolute Gasteiger partial charge is 0.375 e. The molecule has 0 radical (unpaired) electrons. The first-order valence-electron chi connectivity index (χ1n) is 5.69. The maximum absolute atomic E-state index is 5.99. The Balaban J connectivity index is 1.94. The molecule has 1 saturated heterocycles. The highest BCUT2D eigenvalue weighted by Gasteiger charge is 2.24. The van der Waals surface area contributed by atoms with Gasteiger partial charge in [0, 0.05) is 6.04 Å². The summed E-state index contributed by atoms with van der Waals surface area (Å²) in [4.78, 5) is 0. The Bertz CT molecular complexity index is 289. The van der Waals surface area contributed by atoms with Crippen LogP contribution < -0.4 is 5.73 Å². The molecule has 15 heavy (non-hydrogen) atoms. The van der Waals surface area contributed by atoms with Crippen molar-refractivity contribution in [3.05, 3.63) is 35.9 Å². The van der Waals surface area contributed by atoms with Crippen LogP contribution in [0.15, 0.2) is 30.3 Å². The van der Waals surface area contributed by atoms with Gasteiger partial charge in [-0.05, 0) is 31.7 Å². The molecule has 1 aliphatic rings. The highest BCUT2D eigenvalue weighted by molar-refractivity contribution is 5.15. The SMILES string of the molecule is C[C@@H]1CC(N)C[C@H](Cc2ccccc2)O1. The lowest BCUT2D eigenvalue weighted by molar-refractivity contribution is -0.0458. The summed E-state index contributed by atoms with van der Waals surface area (Å²) >= 11 is 0. The fraction of sp³-hybridized carbons (Fsp3) is 0.538. The van der Waals surface area contributed by atoms with Crippen molar-refractivity contribution in [2.75, 3.05) is 0 Å². The van der Waals surface area contributed by atoms with E-state index in [1.165, 1.54) is 5.56 Å². The van der Waals surface area contributed by atoms with Crippen LogP contribution in [0.4, 0.5) is 0 Å². The second kappa shape index (κ2) is 4.77. The Labute approximate surface area is 91.4 Å². The molecule has 1 fully saturated rings. The van der Waals surface area contributed by atoms with E-state index in [0.717, 1.165) is 19.3 Å². The van der Waals surface area contributed by atoms with Crippen LogP contribution in [0.3, 0.4) is 0 Å². The van der Waals surface area contributed by atoms with Gasteiger partial charge in [0.1, 0.15) is 0 Å². The fourth-order valence-electron chi connectivity index (χ4n) is 2.31. The molecule has 82 valence electrons. The zero-order valence-electron chi connectivity index (χ0n) is 9.23. The molecule has 1 aromatic carbocycles. The lowest BCUT2D eigenvalue weighted by Crippen LogP contribution is -2.39. The number of ether oxygens (including phenoxy) is 1. The molecule has 0 spiro atoms. The highest BCUT2D eigenvalue weighted by atomic mass is 16.5. The van der Waals surface area contributed by atoms with Crippen molar-refractivity contribution in [2.45, 2.75) is 44.4 Å². The van der Waals surface area contributed by atoms with E-state index >= 15 is 0 Å². The predicted octanol–water partition coefficient (Wildman–Crippen LogP) is 2.12. The van der Waals surface area contributed by atoms with Gasteiger partial charge in [-0.2, -0.15) is 0 Å². The van der Waals surface area contributed by atoms with Gasteiger partial charge in [-0.3, -0.25) is 0 Å². The van der Waals surface area contributed by atoms with E-state index < -0.39 is 0 Å². The normalized spacial score (nSPS) is 31.5. The number of hydrogen-bond acceptors (Lipinski definition) is 2. The first-order chi connectivity index (χ1) is 7.24. The summed E-state index contributed by atoms with van der Waals surface area (Å²) in [5.74, 6) is 0. The number of benzene rings is 1. The molecular formula is C13H19NO. The number of hydrogen-bond donors (Lipinski definition) is 1. The molecule has 2 nitrogen and oxygen atoms in total. The van der Waals surface area contributed by atoms with Crippen LogP contribution in [0.2, 0.25) is 0 Å². The summed E-state index contributed by atoms with van der Waals surface area (Å²) in [6, 6.07) is 10.8. The Morgan fingerprint density at radius 3 is 2.67 bits per heavy atom. The zero-order chi connectivity index (χ0) is 10.7. The van der Waals surface area contributed by atoms with E-state index in [1.54, 1.807) is 0 Å². The summed E-state index contributed by atoms with van der Waals surface area (Å²) in [6.45, 7) is 2.11. The quantitative estimate of drug-likeness (QED) is 0.802. The van der Waals surface area contributed by atoms with Gasteiger partial charge in [0.25, 0.3) is 0 Å². The smallest absolute Gasteiger partial charge is 0.0633 e. The van der Waals surface area contributed by atoms with E-state index in [4.69, 9.17) is 10.5 Å². The Morgan fingerprint density at radius 1 is 1.27 bits per heavy atom. The van der Waals surface area contributed by atoms with Gasteiger partial charge in [0.2, 0.25) is 0 Å². The second-order valence-electron chi connectivity index (χ2n) is 4.49. The van der Waals surface area contributed by atoms with Gasteiger partial charge in [0.05, 0.1) is 12.2 Å². The van der Waals surface area contributed by atoms with E-state index in [2.05, 4.69) is 31.2 Å². The highest BCUT2D eigenvalue weighted by Crippen LogP contribution is 2.20. The van der Waals surface area contributed by atoms with Crippen LogP contribution in [0.5, 0.6) is 0 Å². The summed E-state index contributed by atoms with van der Waals surface area (Å²) in [6.07, 6.45) is 3.57. The molecule has 2 N–H and O–H groups in total. The minimum atomic E-state index is 0.297. The fourth-order valence-corrected chi connectivity index (χ4v) is 2.31.